The van der Waals surface area contributed by atoms with Crippen LogP contribution in [0.4, 0.5) is 0 Å². The normalized spacial score (nSPS) is 33.9. The number of ether oxygens (including phenoxy) is 1. The van der Waals surface area contributed by atoms with Crippen LogP contribution in [-0.2, 0) is 19.1 Å². The predicted molar refractivity (Wildman–Crippen MR) is 67.2 cm³/mol. The molecule has 3 aliphatic heterocycles. The first kappa shape index (κ1) is 13.4. The summed E-state index contributed by atoms with van der Waals surface area (Å²) < 4.78 is 5.10. The van der Waals surface area contributed by atoms with E-state index in [1.807, 2.05) is 0 Å². The van der Waals surface area contributed by atoms with E-state index in [2.05, 4.69) is 0 Å². The average Bonchev–Trinajstić information content (AvgIpc) is 2.90. The van der Waals surface area contributed by atoms with Crippen molar-refractivity contribution in [3.05, 3.63) is 10.6 Å². The Morgan fingerprint density at radius 1 is 1.50 bits per heavy atom. The second-order valence-corrected chi connectivity index (χ2v) is 6.18. The number of aliphatic carboxylic acids is 1. The number of carbonyl (C=O) groups excluding carboxylic acids is 2. The maximum Gasteiger partial charge on any atom is 0.353 e. The molecule has 3 unspecified atom stereocenters. The summed E-state index contributed by atoms with van der Waals surface area (Å²) in [5, 5.41) is 18.5. The van der Waals surface area contributed by atoms with E-state index in [1.165, 1.54) is 23.6 Å². The van der Waals surface area contributed by atoms with Gasteiger partial charge < -0.3 is 14.9 Å². The number of carboxylic acids is 1. The Morgan fingerprint density at radius 2 is 2.20 bits per heavy atom. The Bertz CT molecular complexity index is 542. The third kappa shape index (κ3) is 1.75. The number of carboxylic acid groups (broad SMARTS) is 1. The highest BCUT2D eigenvalue weighted by molar-refractivity contribution is 8.04. The topological polar surface area (TPSA) is 104 Å². The van der Waals surface area contributed by atoms with Gasteiger partial charge >= 0.3 is 11.9 Å². The number of β-lactam (4-membered cyclic amide) rings is 1. The Morgan fingerprint density at radius 3 is 2.70 bits per heavy atom. The van der Waals surface area contributed by atoms with Gasteiger partial charge in [-0.2, -0.15) is 0 Å². The lowest BCUT2D eigenvalue weighted by Crippen LogP contribution is -2.60. The molecule has 0 aromatic rings. The van der Waals surface area contributed by atoms with Crippen LogP contribution in [0.25, 0.3) is 0 Å². The van der Waals surface area contributed by atoms with Crippen LogP contribution in [0.2, 0.25) is 0 Å². The lowest BCUT2D eigenvalue weighted by atomic mass is 9.92. The van der Waals surface area contributed by atoms with Gasteiger partial charge in [0.25, 0.3) is 0 Å². The average molecular weight is 299 g/mol. The van der Waals surface area contributed by atoms with Crippen molar-refractivity contribution in [1.82, 2.24) is 4.90 Å². The summed E-state index contributed by atoms with van der Waals surface area (Å²) in [7, 11) is 0. The van der Waals surface area contributed by atoms with Gasteiger partial charge in [-0.15, -0.1) is 0 Å². The molecule has 20 heavy (non-hydrogen) atoms. The van der Waals surface area contributed by atoms with Gasteiger partial charge in [-0.1, -0.05) is 11.8 Å². The molecule has 0 saturated carbocycles. The first-order valence-electron chi connectivity index (χ1n) is 6.26. The molecule has 3 heterocycles. The van der Waals surface area contributed by atoms with Crippen molar-refractivity contribution in [3.8, 4) is 0 Å². The fourth-order valence-corrected chi connectivity index (χ4v) is 4.43. The first-order valence-corrected chi connectivity index (χ1v) is 7.14. The number of aliphatic hydroxyl groups excluding tert-OH is 1. The van der Waals surface area contributed by atoms with Gasteiger partial charge in [-0.05, 0) is 13.3 Å². The molecule has 0 bridgehead atoms. The predicted octanol–water partition coefficient (Wildman–Crippen LogP) is -0.0997. The number of hydrogen-bond acceptors (Lipinski definition) is 6. The molecule has 3 aliphatic rings. The number of aliphatic hydroxyl groups is 1. The molecular formula is C12H13NO6S. The SMILES string of the molecule is CC(O)[C@H]1C(=O)N2C(C(=O)O)=C(C3CCC(=O)O3)SC12. The fraction of sp³-hybridized carbons (Fsp3) is 0.583. The molecule has 7 nitrogen and oxygen atoms in total. The molecule has 0 aliphatic carbocycles. The highest BCUT2D eigenvalue weighted by Crippen LogP contribution is 2.52. The van der Waals surface area contributed by atoms with Gasteiger partial charge in [0, 0.05) is 6.42 Å². The zero-order valence-corrected chi connectivity index (χ0v) is 11.4. The number of hydrogen-bond donors (Lipinski definition) is 2. The van der Waals surface area contributed by atoms with Crippen LogP contribution < -0.4 is 0 Å². The van der Waals surface area contributed by atoms with Crippen LogP contribution in [0.5, 0.6) is 0 Å². The van der Waals surface area contributed by atoms with Gasteiger partial charge in [-0.25, -0.2) is 4.79 Å². The van der Waals surface area contributed by atoms with E-state index in [0.717, 1.165) is 0 Å². The molecule has 0 radical (unpaired) electrons. The van der Waals surface area contributed by atoms with E-state index in [-0.39, 0.29) is 18.1 Å². The molecule has 4 atom stereocenters. The van der Waals surface area contributed by atoms with Crippen molar-refractivity contribution in [1.29, 1.82) is 0 Å². The van der Waals surface area contributed by atoms with Gasteiger partial charge in [0.15, 0.2) is 0 Å². The second kappa shape index (κ2) is 4.49. The van der Waals surface area contributed by atoms with Crippen molar-refractivity contribution in [2.45, 2.75) is 37.3 Å². The molecular weight excluding hydrogens is 286 g/mol. The quantitative estimate of drug-likeness (QED) is 0.554. The third-order valence-corrected chi connectivity index (χ3v) is 5.16. The van der Waals surface area contributed by atoms with E-state index >= 15 is 0 Å². The summed E-state index contributed by atoms with van der Waals surface area (Å²) in [6.45, 7) is 1.51. The Hall–Kier alpha value is -1.54. The minimum absolute atomic E-state index is 0.110. The number of thioether (sulfide) groups is 1. The molecule has 2 saturated heterocycles. The van der Waals surface area contributed by atoms with Gasteiger partial charge in [0.05, 0.1) is 16.9 Å². The zero-order valence-electron chi connectivity index (χ0n) is 10.6. The monoisotopic (exact) mass is 299 g/mol. The molecule has 8 heteroatoms. The molecule has 108 valence electrons. The van der Waals surface area contributed by atoms with Crippen molar-refractivity contribution in [3.63, 3.8) is 0 Å². The Kier molecular flexibility index (Phi) is 3.02. The summed E-state index contributed by atoms with van der Waals surface area (Å²) in [6, 6.07) is 0. The number of amides is 1. The van der Waals surface area contributed by atoms with E-state index < -0.39 is 35.4 Å². The van der Waals surface area contributed by atoms with Gasteiger partial charge in [0.2, 0.25) is 5.91 Å². The smallest absolute Gasteiger partial charge is 0.353 e. The lowest BCUT2D eigenvalue weighted by molar-refractivity contribution is -0.156. The van der Waals surface area contributed by atoms with E-state index in [9.17, 15) is 24.6 Å². The Labute approximate surface area is 118 Å². The molecule has 0 aromatic carbocycles. The fourth-order valence-electron chi connectivity index (χ4n) is 2.75. The van der Waals surface area contributed by atoms with Crippen molar-refractivity contribution < 1.29 is 29.3 Å². The Balaban J connectivity index is 1.92. The second-order valence-electron chi connectivity index (χ2n) is 5.02. The van der Waals surface area contributed by atoms with Crippen LogP contribution in [0.3, 0.4) is 0 Å². The van der Waals surface area contributed by atoms with Crippen molar-refractivity contribution >= 4 is 29.6 Å². The van der Waals surface area contributed by atoms with Crippen molar-refractivity contribution in [2.75, 3.05) is 0 Å². The number of nitrogens with zero attached hydrogens (tertiary/aromatic N) is 1. The van der Waals surface area contributed by atoms with E-state index in [0.29, 0.717) is 11.3 Å². The number of fused-ring (bicyclic) bond motifs is 1. The highest BCUT2D eigenvalue weighted by atomic mass is 32.2. The largest absolute Gasteiger partial charge is 0.477 e. The summed E-state index contributed by atoms with van der Waals surface area (Å²) in [4.78, 5) is 36.1. The van der Waals surface area contributed by atoms with Gasteiger partial charge in [-0.3, -0.25) is 14.5 Å². The summed E-state index contributed by atoms with van der Waals surface area (Å²) in [5.41, 5.74) is -0.110. The number of cyclic esters (lactones) is 1. The minimum atomic E-state index is -1.21. The number of rotatable bonds is 3. The van der Waals surface area contributed by atoms with Crippen molar-refractivity contribution in [2.24, 2.45) is 5.92 Å². The maximum absolute atomic E-state index is 12.0. The van der Waals surface area contributed by atoms with Crippen LogP contribution in [0.1, 0.15) is 19.8 Å². The zero-order chi connectivity index (χ0) is 14.6. The number of carbonyl (C=O) groups is 3. The van der Waals surface area contributed by atoms with Gasteiger partial charge in [0.1, 0.15) is 17.2 Å². The molecule has 0 aromatic heterocycles. The summed E-state index contributed by atoms with van der Waals surface area (Å²) in [6.07, 6.45) is -0.755. The standard InChI is InChI=1S/C12H13NO6S/c1-4(14)7-10(16)13-8(12(17)18)9(20-11(7)13)5-2-3-6(15)19-5/h4-5,7,11,14H,2-3H2,1H3,(H,17,18)/t4?,5?,7-,11?/m0/s1. The lowest BCUT2D eigenvalue weighted by Gasteiger charge is -2.43. The maximum atomic E-state index is 12.0. The molecule has 1 amide bonds. The molecule has 3 rings (SSSR count). The first-order chi connectivity index (χ1) is 9.41. The van der Waals surface area contributed by atoms with Crippen LogP contribution in [-0.4, -0.2) is 50.5 Å². The van der Waals surface area contributed by atoms with Crippen LogP contribution in [0.15, 0.2) is 10.6 Å². The molecule has 2 N–H and O–H groups in total. The van der Waals surface area contributed by atoms with E-state index in [1.54, 1.807) is 0 Å². The number of esters is 1. The van der Waals surface area contributed by atoms with Crippen LogP contribution in [0, 0.1) is 5.92 Å². The summed E-state index contributed by atoms with van der Waals surface area (Å²) in [5.74, 6) is -2.57. The molecule has 2 fully saturated rings. The summed E-state index contributed by atoms with van der Waals surface area (Å²) >= 11 is 1.20. The highest BCUT2D eigenvalue weighted by Gasteiger charge is 2.59. The molecule has 0 spiro atoms. The van der Waals surface area contributed by atoms with Crippen LogP contribution >= 0.6 is 11.8 Å². The third-order valence-electron chi connectivity index (χ3n) is 3.71. The minimum Gasteiger partial charge on any atom is -0.477 e. The van der Waals surface area contributed by atoms with E-state index in [4.69, 9.17) is 4.74 Å².